The molecule has 0 N–H and O–H groups in total. The van der Waals surface area contributed by atoms with Gasteiger partial charge in [-0.15, -0.1) is 11.6 Å². The predicted molar refractivity (Wildman–Crippen MR) is 40.6 cm³/mol. The van der Waals surface area contributed by atoms with Crippen molar-refractivity contribution in [2.75, 3.05) is 0 Å². The Labute approximate surface area is 81.5 Å². The average molecular weight is 250 g/mol. The lowest BCUT2D eigenvalue weighted by molar-refractivity contribution is -0.131. The SMILES string of the molecule is FC(F)(F)[C@H](Cl)CC(Cl)(Cl)Cl. The van der Waals surface area contributed by atoms with Gasteiger partial charge in [-0.2, -0.15) is 13.2 Å². The Morgan fingerprint density at radius 2 is 1.45 bits per heavy atom. The van der Waals surface area contributed by atoms with Crippen molar-refractivity contribution in [3.63, 3.8) is 0 Å². The molecule has 0 aliphatic heterocycles. The molecule has 0 aromatic carbocycles. The lowest BCUT2D eigenvalue weighted by Gasteiger charge is -2.17. The van der Waals surface area contributed by atoms with Gasteiger partial charge in [0.15, 0.2) is 3.79 Å². The first-order valence-corrected chi connectivity index (χ1v) is 3.97. The topological polar surface area (TPSA) is 0 Å². The van der Waals surface area contributed by atoms with E-state index in [0.717, 1.165) is 0 Å². The molecule has 0 saturated carbocycles. The van der Waals surface area contributed by atoms with Gasteiger partial charge < -0.3 is 0 Å². The molecule has 0 aliphatic carbocycles. The van der Waals surface area contributed by atoms with Crippen LogP contribution in [0, 0.1) is 0 Å². The molecule has 68 valence electrons. The summed E-state index contributed by atoms with van der Waals surface area (Å²) in [5.74, 6) is 0. The number of hydrogen-bond acceptors (Lipinski definition) is 0. The molecule has 0 rings (SSSR count). The van der Waals surface area contributed by atoms with Gasteiger partial charge in [0.25, 0.3) is 0 Å². The van der Waals surface area contributed by atoms with Crippen LogP contribution >= 0.6 is 46.4 Å². The summed E-state index contributed by atoms with van der Waals surface area (Å²) in [7, 11) is 0. The van der Waals surface area contributed by atoms with Crippen molar-refractivity contribution >= 4 is 46.4 Å². The van der Waals surface area contributed by atoms with Gasteiger partial charge in [0.05, 0.1) is 0 Å². The molecule has 0 fully saturated rings. The zero-order chi connectivity index (χ0) is 9.28. The van der Waals surface area contributed by atoms with Crippen molar-refractivity contribution in [1.29, 1.82) is 0 Å². The van der Waals surface area contributed by atoms with Crippen LogP contribution in [-0.2, 0) is 0 Å². The zero-order valence-electron chi connectivity index (χ0n) is 4.93. The first-order chi connectivity index (χ1) is 4.63. The van der Waals surface area contributed by atoms with Gasteiger partial charge in [0.1, 0.15) is 5.38 Å². The Kier molecular flexibility index (Phi) is 4.10. The number of halogens is 7. The first kappa shape index (κ1) is 11.9. The van der Waals surface area contributed by atoms with Crippen molar-refractivity contribution in [1.82, 2.24) is 0 Å². The molecular weight excluding hydrogens is 247 g/mol. The van der Waals surface area contributed by atoms with Gasteiger partial charge >= 0.3 is 6.18 Å². The van der Waals surface area contributed by atoms with Crippen molar-refractivity contribution in [3.05, 3.63) is 0 Å². The van der Waals surface area contributed by atoms with E-state index in [0.29, 0.717) is 0 Å². The third kappa shape index (κ3) is 6.14. The van der Waals surface area contributed by atoms with Crippen LogP contribution in [0.15, 0.2) is 0 Å². The van der Waals surface area contributed by atoms with Gasteiger partial charge in [0, 0.05) is 6.42 Å². The lowest BCUT2D eigenvalue weighted by atomic mass is 10.3. The normalized spacial score (nSPS) is 16.6. The molecule has 0 nitrogen and oxygen atoms in total. The summed E-state index contributed by atoms with van der Waals surface area (Å²) in [6.45, 7) is 0. The molecule has 0 radical (unpaired) electrons. The van der Waals surface area contributed by atoms with E-state index < -0.39 is 21.8 Å². The maximum atomic E-state index is 11.7. The highest BCUT2D eigenvalue weighted by Gasteiger charge is 2.42. The van der Waals surface area contributed by atoms with E-state index in [1.807, 2.05) is 0 Å². The molecular formula is C4H3Cl4F3. The van der Waals surface area contributed by atoms with E-state index in [9.17, 15) is 13.2 Å². The molecule has 0 heterocycles. The van der Waals surface area contributed by atoms with Crippen molar-refractivity contribution in [3.8, 4) is 0 Å². The monoisotopic (exact) mass is 248 g/mol. The van der Waals surface area contributed by atoms with Crippen molar-refractivity contribution in [2.24, 2.45) is 0 Å². The highest BCUT2D eigenvalue weighted by molar-refractivity contribution is 6.67. The van der Waals surface area contributed by atoms with Crippen LogP contribution in [-0.4, -0.2) is 15.3 Å². The minimum Gasteiger partial charge on any atom is -0.169 e. The summed E-state index contributed by atoms with van der Waals surface area (Å²) in [6.07, 6.45) is -5.27. The summed E-state index contributed by atoms with van der Waals surface area (Å²) in [6, 6.07) is 0. The summed E-state index contributed by atoms with van der Waals surface area (Å²) in [5, 5.41) is -2.12. The summed E-state index contributed by atoms with van der Waals surface area (Å²) < 4.78 is 33.1. The van der Waals surface area contributed by atoms with Crippen molar-refractivity contribution < 1.29 is 13.2 Å². The second-order valence-electron chi connectivity index (χ2n) is 1.83. The molecule has 0 amide bonds. The number of rotatable bonds is 1. The summed E-state index contributed by atoms with van der Waals surface area (Å²) >= 11 is 20.1. The smallest absolute Gasteiger partial charge is 0.169 e. The van der Waals surface area contributed by atoms with Crippen LogP contribution in [0.25, 0.3) is 0 Å². The Morgan fingerprint density at radius 1 is 1.09 bits per heavy atom. The fraction of sp³-hybridized carbons (Fsp3) is 1.00. The van der Waals surface area contributed by atoms with E-state index in [1.54, 1.807) is 0 Å². The second-order valence-corrected chi connectivity index (χ2v) is 4.87. The molecule has 0 spiro atoms. The molecule has 1 atom stereocenters. The van der Waals surface area contributed by atoms with E-state index in [2.05, 4.69) is 0 Å². The van der Waals surface area contributed by atoms with Crippen LogP contribution in [0.2, 0.25) is 0 Å². The predicted octanol–water partition coefficient (Wildman–Crippen LogP) is 3.92. The Bertz CT molecular complexity index is 126. The molecule has 0 aromatic heterocycles. The van der Waals surface area contributed by atoms with Gasteiger partial charge in [-0.05, 0) is 0 Å². The molecule has 0 aromatic rings. The second kappa shape index (κ2) is 3.77. The summed E-state index contributed by atoms with van der Waals surface area (Å²) in [4.78, 5) is 0. The van der Waals surface area contributed by atoms with Crippen LogP contribution in [0.4, 0.5) is 13.2 Å². The fourth-order valence-corrected chi connectivity index (χ4v) is 1.25. The maximum Gasteiger partial charge on any atom is 0.405 e. The minimum absolute atomic E-state index is 0.747. The van der Waals surface area contributed by atoms with E-state index >= 15 is 0 Å². The van der Waals surface area contributed by atoms with E-state index in [-0.39, 0.29) is 0 Å². The first-order valence-electron chi connectivity index (χ1n) is 2.40. The Hall–Kier alpha value is 0.950. The van der Waals surface area contributed by atoms with Crippen LogP contribution in [0.1, 0.15) is 6.42 Å². The molecule has 0 unspecified atom stereocenters. The zero-order valence-corrected chi connectivity index (χ0v) is 7.95. The molecule has 0 saturated heterocycles. The average Bonchev–Trinajstić information content (AvgIpc) is 1.56. The standard InChI is InChI=1S/C4H3Cl4F3/c5-2(4(9,10)11)1-3(6,7)8/h2H,1H2/t2-/m1/s1. The largest absolute Gasteiger partial charge is 0.405 e. The Balaban J connectivity index is 3.99. The molecule has 0 bridgehead atoms. The van der Waals surface area contributed by atoms with Gasteiger partial charge in [-0.1, -0.05) is 34.8 Å². The highest BCUT2D eigenvalue weighted by atomic mass is 35.6. The van der Waals surface area contributed by atoms with Crippen LogP contribution in [0.3, 0.4) is 0 Å². The van der Waals surface area contributed by atoms with Gasteiger partial charge in [-0.25, -0.2) is 0 Å². The fourth-order valence-electron chi connectivity index (χ4n) is 0.319. The van der Waals surface area contributed by atoms with Gasteiger partial charge in [0.2, 0.25) is 0 Å². The quantitative estimate of drug-likeness (QED) is 0.618. The summed E-state index contributed by atoms with van der Waals surface area (Å²) in [5.41, 5.74) is 0. The van der Waals surface area contributed by atoms with Crippen LogP contribution in [0.5, 0.6) is 0 Å². The lowest BCUT2D eigenvalue weighted by Crippen LogP contribution is -2.27. The van der Waals surface area contributed by atoms with Crippen LogP contribution < -0.4 is 0 Å². The molecule has 7 heteroatoms. The van der Waals surface area contributed by atoms with Crippen molar-refractivity contribution in [2.45, 2.75) is 21.8 Å². The highest BCUT2D eigenvalue weighted by Crippen LogP contribution is 2.38. The Morgan fingerprint density at radius 3 is 1.55 bits per heavy atom. The third-order valence-corrected chi connectivity index (χ3v) is 1.63. The third-order valence-electron chi connectivity index (χ3n) is 0.766. The molecule has 0 aliphatic rings. The van der Waals surface area contributed by atoms with E-state index in [1.165, 1.54) is 0 Å². The maximum absolute atomic E-state index is 11.7. The number of hydrogen-bond donors (Lipinski definition) is 0. The van der Waals surface area contributed by atoms with E-state index in [4.69, 9.17) is 46.4 Å². The van der Waals surface area contributed by atoms with Gasteiger partial charge in [-0.3, -0.25) is 0 Å². The molecule has 11 heavy (non-hydrogen) atoms. The minimum atomic E-state index is -4.52. The number of alkyl halides is 7.